The Bertz CT molecular complexity index is 1340. The van der Waals surface area contributed by atoms with Crippen LogP contribution in [0.2, 0.25) is 0 Å². The highest BCUT2D eigenvalue weighted by atomic mass is 79.9. The van der Waals surface area contributed by atoms with E-state index < -0.39 is 0 Å². The van der Waals surface area contributed by atoms with Crippen LogP contribution in [-0.2, 0) is 4.79 Å². The summed E-state index contributed by atoms with van der Waals surface area (Å²) in [6.45, 7) is 8.54. The van der Waals surface area contributed by atoms with Gasteiger partial charge in [0.05, 0.1) is 10.5 Å². The van der Waals surface area contributed by atoms with Crippen LogP contribution in [0.15, 0.2) is 75.7 Å². The van der Waals surface area contributed by atoms with Crippen molar-refractivity contribution in [3.63, 3.8) is 0 Å². The number of halogens is 2. The Morgan fingerprint density at radius 2 is 1.94 bits per heavy atom. The zero-order chi connectivity index (χ0) is 23.3. The number of benzene rings is 3. The summed E-state index contributed by atoms with van der Waals surface area (Å²) in [5.74, 6) is 0.924. The third kappa shape index (κ3) is 3.95. The molecule has 1 N–H and O–H groups in total. The minimum absolute atomic E-state index is 0.0912. The lowest BCUT2D eigenvalue weighted by Crippen LogP contribution is -2.33. The number of ketones is 1. The third-order valence-electron chi connectivity index (χ3n) is 6.43. The lowest BCUT2D eigenvalue weighted by atomic mass is 9.68. The van der Waals surface area contributed by atoms with Gasteiger partial charge in [-0.15, -0.1) is 0 Å². The van der Waals surface area contributed by atoms with Crippen molar-refractivity contribution in [2.75, 3.05) is 11.9 Å². The van der Waals surface area contributed by atoms with E-state index in [1.807, 2.05) is 12.1 Å². The molecule has 5 heteroatoms. The van der Waals surface area contributed by atoms with Crippen molar-refractivity contribution in [3.8, 4) is 5.75 Å². The summed E-state index contributed by atoms with van der Waals surface area (Å²) in [7, 11) is 0. The number of fused-ring (bicyclic) bond motifs is 4. The van der Waals surface area contributed by atoms with Crippen molar-refractivity contribution < 1.29 is 9.53 Å². The largest absolute Gasteiger partial charge is 0.488 e. The van der Waals surface area contributed by atoms with Gasteiger partial charge in [-0.2, -0.15) is 0 Å². The van der Waals surface area contributed by atoms with Gasteiger partial charge in [0.2, 0.25) is 0 Å². The van der Waals surface area contributed by atoms with Gasteiger partial charge in [0.25, 0.3) is 0 Å². The topological polar surface area (TPSA) is 38.3 Å². The Kier molecular flexibility index (Phi) is 5.74. The van der Waals surface area contributed by atoms with E-state index in [9.17, 15) is 4.79 Å². The van der Waals surface area contributed by atoms with Crippen LogP contribution in [0.5, 0.6) is 5.75 Å². The molecule has 1 aliphatic heterocycles. The molecular formula is C28H25Br2NO2. The average molecular weight is 567 g/mol. The van der Waals surface area contributed by atoms with Crippen molar-refractivity contribution in [1.82, 2.24) is 0 Å². The van der Waals surface area contributed by atoms with Crippen molar-refractivity contribution in [2.45, 2.75) is 32.7 Å². The van der Waals surface area contributed by atoms with Gasteiger partial charge >= 0.3 is 0 Å². The molecule has 3 aromatic carbocycles. The van der Waals surface area contributed by atoms with E-state index in [1.54, 1.807) is 6.08 Å². The van der Waals surface area contributed by atoms with E-state index >= 15 is 0 Å². The van der Waals surface area contributed by atoms with Gasteiger partial charge in [0, 0.05) is 33.3 Å². The summed E-state index contributed by atoms with van der Waals surface area (Å²) >= 11 is 7.30. The number of carbonyl (C=O) groups excluding carboxylic acids is 1. The number of ether oxygens (including phenoxy) is 1. The molecule has 5 rings (SSSR count). The maximum absolute atomic E-state index is 13.7. The molecule has 168 valence electrons. The Balaban J connectivity index is 1.79. The second-order valence-electron chi connectivity index (χ2n) is 9.53. The van der Waals surface area contributed by atoms with Crippen LogP contribution in [-0.4, -0.2) is 12.4 Å². The molecule has 1 aliphatic carbocycles. The molecule has 0 spiro atoms. The van der Waals surface area contributed by atoms with Gasteiger partial charge in [0.15, 0.2) is 5.78 Å². The number of nitrogens with one attached hydrogen (secondary N) is 1. The smallest absolute Gasteiger partial charge is 0.162 e. The maximum Gasteiger partial charge on any atom is 0.162 e. The molecule has 0 bridgehead atoms. The number of allylic oxidation sites excluding steroid dienone is 1. The summed E-state index contributed by atoms with van der Waals surface area (Å²) in [5.41, 5.74) is 5.05. The Morgan fingerprint density at radius 3 is 2.73 bits per heavy atom. The van der Waals surface area contributed by atoms with E-state index in [-0.39, 0.29) is 17.2 Å². The predicted molar refractivity (Wildman–Crippen MR) is 143 cm³/mol. The first-order chi connectivity index (χ1) is 15.8. The van der Waals surface area contributed by atoms with Crippen molar-refractivity contribution in [3.05, 3.63) is 86.8 Å². The number of carbonyl (C=O) groups is 1. The third-order valence-corrected chi connectivity index (χ3v) is 7.48. The van der Waals surface area contributed by atoms with Crippen LogP contribution >= 0.6 is 31.9 Å². The highest BCUT2D eigenvalue weighted by Crippen LogP contribution is 2.53. The van der Waals surface area contributed by atoms with Gasteiger partial charge in [-0.05, 0) is 62.3 Å². The second-order valence-corrected chi connectivity index (χ2v) is 11.3. The maximum atomic E-state index is 13.7. The standard InChI is InChI=1S/C28H25Br2NO2/c1-4-11-33-27-19(12-17(29)13-21(27)30)26-25-20(14-28(2,3)15-23(25)32)24-18-8-6-5-7-16(18)9-10-22(24)31-26/h4-10,12-13,26,31H,1,11,14-15H2,2-3H3/t26-/m1/s1. The van der Waals surface area contributed by atoms with E-state index in [1.165, 1.54) is 10.8 Å². The minimum atomic E-state index is -0.300. The Morgan fingerprint density at radius 1 is 1.15 bits per heavy atom. The fourth-order valence-electron chi connectivity index (χ4n) is 5.16. The number of rotatable bonds is 4. The fraction of sp³-hybridized carbons (Fsp3) is 0.250. The molecule has 0 saturated heterocycles. The monoisotopic (exact) mass is 565 g/mol. The minimum Gasteiger partial charge on any atom is -0.488 e. The molecule has 0 amide bonds. The highest BCUT2D eigenvalue weighted by molar-refractivity contribution is 9.11. The normalized spacial score (nSPS) is 19.0. The van der Waals surface area contributed by atoms with E-state index in [0.29, 0.717) is 13.0 Å². The summed E-state index contributed by atoms with van der Waals surface area (Å²) < 4.78 is 7.84. The van der Waals surface area contributed by atoms with Gasteiger partial charge in [-0.3, -0.25) is 4.79 Å². The van der Waals surface area contributed by atoms with Crippen LogP contribution in [0.25, 0.3) is 16.3 Å². The van der Waals surface area contributed by atoms with Crippen molar-refractivity contribution in [1.29, 1.82) is 0 Å². The molecule has 2 aliphatic rings. The van der Waals surface area contributed by atoms with Gasteiger partial charge < -0.3 is 10.1 Å². The molecule has 0 aromatic heterocycles. The number of hydrogen-bond donors (Lipinski definition) is 1. The van der Waals surface area contributed by atoms with E-state index in [4.69, 9.17) is 4.74 Å². The van der Waals surface area contributed by atoms with Gasteiger partial charge in [0.1, 0.15) is 12.4 Å². The molecule has 0 radical (unpaired) electrons. The van der Waals surface area contributed by atoms with Gasteiger partial charge in [-0.25, -0.2) is 0 Å². The molecule has 1 atom stereocenters. The molecule has 1 heterocycles. The quantitative estimate of drug-likeness (QED) is 0.323. The highest BCUT2D eigenvalue weighted by Gasteiger charge is 2.41. The summed E-state index contributed by atoms with van der Waals surface area (Å²) in [5, 5.41) is 6.07. The first-order valence-electron chi connectivity index (χ1n) is 11.1. The molecule has 33 heavy (non-hydrogen) atoms. The second kappa shape index (κ2) is 8.44. The predicted octanol–water partition coefficient (Wildman–Crippen LogP) is 8.24. The Hall–Kier alpha value is -2.37. The lowest BCUT2D eigenvalue weighted by molar-refractivity contribution is -0.118. The van der Waals surface area contributed by atoms with Crippen LogP contribution < -0.4 is 10.1 Å². The molecular weight excluding hydrogens is 542 g/mol. The summed E-state index contributed by atoms with van der Waals surface area (Å²) in [6, 6.07) is 16.4. The molecule has 0 fully saturated rings. The Labute approximate surface area is 211 Å². The van der Waals surface area contributed by atoms with Crippen molar-refractivity contribution >= 4 is 59.7 Å². The van der Waals surface area contributed by atoms with Crippen LogP contribution in [0.3, 0.4) is 0 Å². The van der Waals surface area contributed by atoms with Crippen LogP contribution in [0.4, 0.5) is 5.69 Å². The van der Waals surface area contributed by atoms with Crippen LogP contribution in [0, 0.1) is 5.41 Å². The van der Waals surface area contributed by atoms with E-state index in [0.717, 1.165) is 49.1 Å². The van der Waals surface area contributed by atoms with Gasteiger partial charge in [-0.1, -0.05) is 72.8 Å². The lowest BCUT2D eigenvalue weighted by Gasteiger charge is -2.40. The zero-order valence-electron chi connectivity index (χ0n) is 18.7. The summed E-state index contributed by atoms with van der Waals surface area (Å²) in [4.78, 5) is 13.7. The molecule has 3 aromatic rings. The molecule has 0 saturated carbocycles. The zero-order valence-corrected chi connectivity index (χ0v) is 21.8. The molecule has 0 unspecified atom stereocenters. The molecule has 3 nitrogen and oxygen atoms in total. The average Bonchev–Trinajstić information content (AvgIpc) is 2.76. The van der Waals surface area contributed by atoms with Crippen molar-refractivity contribution in [2.24, 2.45) is 5.41 Å². The first kappa shape index (κ1) is 22.4. The fourth-order valence-corrected chi connectivity index (χ4v) is 6.53. The number of hydrogen-bond acceptors (Lipinski definition) is 3. The van der Waals surface area contributed by atoms with E-state index in [2.05, 4.69) is 94.0 Å². The SMILES string of the molecule is C=CCOc1c(Br)cc(Br)cc1[C@H]1Nc2ccc3ccccc3c2C2=C1C(=O)CC(C)(C)C2. The number of anilines is 1. The number of Topliss-reactive ketones (excluding diaryl/α,β-unsaturated/α-hetero) is 1. The summed E-state index contributed by atoms with van der Waals surface area (Å²) in [6.07, 6.45) is 3.11. The first-order valence-corrected chi connectivity index (χ1v) is 12.7. The van der Waals surface area contributed by atoms with Crippen LogP contribution in [0.1, 0.15) is 43.9 Å².